The van der Waals surface area contributed by atoms with Crippen molar-refractivity contribution in [3.63, 3.8) is 0 Å². The van der Waals surface area contributed by atoms with E-state index in [9.17, 15) is 0 Å². The molecular formula is C20H22N4OS. The number of benzene rings is 2. The lowest BCUT2D eigenvalue weighted by atomic mass is 10.2. The van der Waals surface area contributed by atoms with Crippen molar-refractivity contribution < 1.29 is 4.42 Å². The van der Waals surface area contributed by atoms with Gasteiger partial charge in [0.05, 0.1) is 12.2 Å². The number of hydrogen-bond acceptors (Lipinski definition) is 4. The molecule has 0 fully saturated rings. The third-order valence-electron chi connectivity index (χ3n) is 3.85. The van der Waals surface area contributed by atoms with Crippen molar-refractivity contribution in [1.82, 2.24) is 15.6 Å². The Kier molecular flexibility index (Phi) is 6.33. The average molecular weight is 366 g/mol. The van der Waals surface area contributed by atoms with Gasteiger partial charge in [-0.15, -0.1) is 11.8 Å². The summed E-state index contributed by atoms with van der Waals surface area (Å²) in [7, 11) is 1.75. The van der Waals surface area contributed by atoms with E-state index in [1.165, 1.54) is 10.5 Å². The first-order chi connectivity index (χ1) is 12.8. The van der Waals surface area contributed by atoms with Crippen LogP contribution < -0.4 is 10.6 Å². The maximum absolute atomic E-state index is 5.55. The van der Waals surface area contributed by atoms with Crippen molar-refractivity contribution >= 4 is 17.7 Å². The third-order valence-corrected chi connectivity index (χ3v) is 4.60. The zero-order chi connectivity index (χ0) is 18.2. The molecule has 0 saturated carbocycles. The van der Waals surface area contributed by atoms with Gasteiger partial charge >= 0.3 is 0 Å². The minimum Gasteiger partial charge on any atom is -0.444 e. The SMILES string of the molecule is CN=C(NCc1ccc(SC)cc1)NCc1coc(-c2ccccc2)n1. The molecule has 3 rings (SSSR count). The summed E-state index contributed by atoms with van der Waals surface area (Å²) in [6.45, 7) is 1.25. The second kappa shape index (κ2) is 9.10. The Bertz CT molecular complexity index is 844. The number of nitrogens with one attached hydrogen (secondary N) is 2. The lowest BCUT2D eigenvalue weighted by Gasteiger charge is -2.11. The van der Waals surface area contributed by atoms with Gasteiger partial charge in [0.2, 0.25) is 5.89 Å². The zero-order valence-electron chi connectivity index (χ0n) is 14.9. The van der Waals surface area contributed by atoms with Crippen LogP contribution in [-0.2, 0) is 13.1 Å². The van der Waals surface area contributed by atoms with E-state index < -0.39 is 0 Å². The highest BCUT2D eigenvalue weighted by Crippen LogP contribution is 2.17. The van der Waals surface area contributed by atoms with Gasteiger partial charge in [0, 0.05) is 24.1 Å². The first kappa shape index (κ1) is 18.1. The molecule has 0 aliphatic heterocycles. The highest BCUT2D eigenvalue weighted by Gasteiger charge is 2.07. The average Bonchev–Trinajstić information content (AvgIpc) is 3.18. The molecule has 26 heavy (non-hydrogen) atoms. The molecule has 0 unspecified atom stereocenters. The number of hydrogen-bond donors (Lipinski definition) is 2. The smallest absolute Gasteiger partial charge is 0.226 e. The van der Waals surface area contributed by atoms with Crippen molar-refractivity contribution in [3.05, 3.63) is 72.1 Å². The van der Waals surface area contributed by atoms with E-state index in [0.717, 1.165) is 17.2 Å². The van der Waals surface area contributed by atoms with E-state index >= 15 is 0 Å². The number of aromatic nitrogens is 1. The van der Waals surface area contributed by atoms with Gasteiger partial charge in [-0.05, 0) is 36.1 Å². The summed E-state index contributed by atoms with van der Waals surface area (Å²) in [6.07, 6.45) is 3.75. The van der Waals surface area contributed by atoms with E-state index in [-0.39, 0.29) is 0 Å². The Morgan fingerprint density at radius 3 is 2.46 bits per heavy atom. The van der Waals surface area contributed by atoms with Crippen LogP contribution in [0.4, 0.5) is 0 Å². The Morgan fingerprint density at radius 1 is 1.04 bits per heavy atom. The van der Waals surface area contributed by atoms with E-state index in [0.29, 0.717) is 19.0 Å². The highest BCUT2D eigenvalue weighted by atomic mass is 32.2. The van der Waals surface area contributed by atoms with E-state index in [1.54, 1.807) is 25.1 Å². The molecule has 0 spiro atoms. The first-order valence-corrected chi connectivity index (χ1v) is 9.58. The van der Waals surface area contributed by atoms with Crippen LogP contribution >= 0.6 is 11.8 Å². The third kappa shape index (κ3) is 4.89. The molecule has 0 bridgehead atoms. The van der Waals surface area contributed by atoms with Crippen molar-refractivity contribution in [3.8, 4) is 11.5 Å². The molecule has 2 aromatic carbocycles. The number of guanidine groups is 1. The molecule has 1 aromatic heterocycles. The minimum atomic E-state index is 0.543. The van der Waals surface area contributed by atoms with Crippen molar-refractivity contribution in [2.24, 2.45) is 4.99 Å². The van der Waals surface area contributed by atoms with Crippen LogP contribution in [0, 0.1) is 0 Å². The fraction of sp³-hybridized carbons (Fsp3) is 0.200. The molecule has 3 aromatic rings. The predicted molar refractivity (Wildman–Crippen MR) is 107 cm³/mol. The molecular weight excluding hydrogens is 344 g/mol. The van der Waals surface area contributed by atoms with E-state index in [1.807, 2.05) is 30.3 Å². The Morgan fingerprint density at radius 2 is 1.77 bits per heavy atom. The van der Waals surface area contributed by atoms with Gasteiger partial charge in [-0.3, -0.25) is 4.99 Å². The fourth-order valence-electron chi connectivity index (χ4n) is 2.43. The molecule has 0 aliphatic carbocycles. The standard InChI is InChI=1S/C20H22N4OS/c1-21-20(22-12-15-8-10-18(26-2)11-9-15)23-13-17-14-25-19(24-17)16-6-4-3-5-7-16/h3-11,14H,12-13H2,1-2H3,(H2,21,22,23). The number of nitrogens with zero attached hydrogens (tertiary/aromatic N) is 2. The van der Waals surface area contributed by atoms with Gasteiger partial charge in [0.15, 0.2) is 5.96 Å². The summed E-state index contributed by atoms with van der Waals surface area (Å²) in [5.74, 6) is 1.35. The molecule has 0 aliphatic rings. The predicted octanol–water partition coefficient (Wildman–Crippen LogP) is 3.93. The maximum Gasteiger partial charge on any atom is 0.226 e. The van der Waals surface area contributed by atoms with E-state index in [2.05, 4.69) is 51.1 Å². The topological polar surface area (TPSA) is 62.5 Å². The van der Waals surface area contributed by atoms with Gasteiger partial charge < -0.3 is 15.1 Å². The molecule has 2 N–H and O–H groups in total. The second-order valence-corrected chi connectivity index (χ2v) is 6.52. The van der Waals surface area contributed by atoms with Crippen molar-refractivity contribution in [2.45, 2.75) is 18.0 Å². The van der Waals surface area contributed by atoms with Crippen LogP contribution in [0.5, 0.6) is 0 Å². The quantitative estimate of drug-likeness (QED) is 0.393. The van der Waals surface area contributed by atoms with Crippen LogP contribution in [0.2, 0.25) is 0 Å². The summed E-state index contributed by atoms with van der Waals surface area (Å²) in [6, 6.07) is 18.4. The summed E-state index contributed by atoms with van der Waals surface area (Å²) in [5.41, 5.74) is 3.00. The summed E-state index contributed by atoms with van der Waals surface area (Å²) in [4.78, 5) is 10.0. The molecule has 1 heterocycles. The van der Waals surface area contributed by atoms with Crippen LogP contribution in [0.1, 0.15) is 11.3 Å². The normalized spacial score (nSPS) is 11.4. The number of rotatable bonds is 6. The summed E-state index contributed by atoms with van der Waals surface area (Å²) < 4.78 is 5.55. The largest absolute Gasteiger partial charge is 0.444 e. The fourth-order valence-corrected chi connectivity index (χ4v) is 2.83. The van der Waals surface area contributed by atoms with Gasteiger partial charge in [0.1, 0.15) is 6.26 Å². The Hall–Kier alpha value is -2.73. The number of aliphatic imine (C=N–C) groups is 1. The van der Waals surface area contributed by atoms with Gasteiger partial charge in [-0.25, -0.2) is 4.98 Å². The monoisotopic (exact) mass is 366 g/mol. The molecule has 0 amide bonds. The summed E-state index contributed by atoms with van der Waals surface area (Å²) in [5, 5.41) is 6.56. The van der Waals surface area contributed by atoms with Gasteiger partial charge in [0.25, 0.3) is 0 Å². The van der Waals surface area contributed by atoms with Gasteiger partial charge in [-0.2, -0.15) is 0 Å². The summed E-state index contributed by atoms with van der Waals surface area (Å²) >= 11 is 1.74. The minimum absolute atomic E-state index is 0.543. The first-order valence-electron chi connectivity index (χ1n) is 8.36. The van der Waals surface area contributed by atoms with Crippen LogP contribution in [-0.4, -0.2) is 24.2 Å². The van der Waals surface area contributed by atoms with Crippen molar-refractivity contribution in [1.29, 1.82) is 0 Å². The second-order valence-electron chi connectivity index (χ2n) is 5.64. The Labute approximate surface area is 158 Å². The molecule has 0 saturated heterocycles. The highest BCUT2D eigenvalue weighted by molar-refractivity contribution is 7.98. The lowest BCUT2D eigenvalue weighted by molar-refractivity contribution is 0.572. The Balaban J connectivity index is 1.52. The van der Waals surface area contributed by atoms with Crippen LogP contribution in [0.15, 0.2) is 75.2 Å². The van der Waals surface area contributed by atoms with Crippen molar-refractivity contribution in [2.75, 3.05) is 13.3 Å². The van der Waals surface area contributed by atoms with Crippen LogP contribution in [0.25, 0.3) is 11.5 Å². The maximum atomic E-state index is 5.55. The van der Waals surface area contributed by atoms with Gasteiger partial charge in [-0.1, -0.05) is 30.3 Å². The van der Waals surface area contributed by atoms with E-state index in [4.69, 9.17) is 4.42 Å². The number of oxazole rings is 1. The molecule has 6 heteroatoms. The molecule has 134 valence electrons. The zero-order valence-corrected chi connectivity index (χ0v) is 15.7. The lowest BCUT2D eigenvalue weighted by Crippen LogP contribution is -2.36. The molecule has 0 radical (unpaired) electrons. The molecule has 0 atom stereocenters. The molecule has 5 nitrogen and oxygen atoms in total. The van der Waals surface area contributed by atoms with Crippen LogP contribution in [0.3, 0.4) is 0 Å². The number of thioether (sulfide) groups is 1.